The Morgan fingerprint density at radius 2 is 1.89 bits per heavy atom. The van der Waals surface area contributed by atoms with Crippen molar-refractivity contribution < 1.29 is 4.74 Å². The van der Waals surface area contributed by atoms with Crippen molar-refractivity contribution in [3.63, 3.8) is 0 Å². The first kappa shape index (κ1) is 8.01. The molecule has 0 aliphatic carbocycles. The molecule has 0 spiro atoms. The number of amidine groups is 1. The van der Waals surface area contributed by atoms with E-state index in [1.807, 2.05) is 0 Å². The molecule has 0 radical (unpaired) electrons. The summed E-state index contributed by atoms with van der Waals surface area (Å²) < 4.78 is 4.83. The van der Waals surface area contributed by atoms with E-state index in [2.05, 4.69) is 0 Å². The maximum Gasteiger partial charge on any atom is 0.121 e. The minimum absolute atomic E-state index is 0.0642. The summed E-state index contributed by atoms with van der Waals surface area (Å²) in [5, 5.41) is 6.97. The first-order valence-electron chi connectivity index (χ1n) is 2.65. The number of hydrogen-bond donors (Lipinski definition) is 2. The minimum atomic E-state index is 0.0642. The van der Waals surface area contributed by atoms with Gasteiger partial charge in [0.1, 0.15) is 5.84 Å². The molecule has 0 amide bonds. The molecule has 0 saturated heterocycles. The molecule has 3 nitrogen and oxygen atoms in total. The molecule has 0 heterocycles. The maximum absolute atomic E-state index is 6.97. The third-order valence-electron chi connectivity index (χ3n) is 1.24. The van der Waals surface area contributed by atoms with Gasteiger partial charge in [0, 0.05) is 5.57 Å². The minimum Gasteiger partial charge on any atom is -0.501 e. The van der Waals surface area contributed by atoms with Gasteiger partial charge in [-0.2, -0.15) is 0 Å². The zero-order valence-corrected chi connectivity index (χ0v) is 5.99. The van der Waals surface area contributed by atoms with Gasteiger partial charge < -0.3 is 10.5 Å². The largest absolute Gasteiger partial charge is 0.501 e. The molecule has 3 N–H and O–H groups in total. The van der Waals surface area contributed by atoms with Crippen molar-refractivity contribution in [1.82, 2.24) is 0 Å². The molecule has 0 aliphatic rings. The Bertz CT molecular complexity index is 149. The smallest absolute Gasteiger partial charge is 0.121 e. The second kappa shape index (κ2) is 3.12. The Morgan fingerprint density at radius 1 is 1.44 bits per heavy atom. The molecule has 0 atom stereocenters. The maximum atomic E-state index is 6.97. The van der Waals surface area contributed by atoms with E-state index in [0.717, 1.165) is 0 Å². The van der Waals surface area contributed by atoms with E-state index in [9.17, 15) is 0 Å². The lowest BCUT2D eigenvalue weighted by molar-refractivity contribution is 0.291. The van der Waals surface area contributed by atoms with Crippen LogP contribution in [0.1, 0.15) is 13.8 Å². The Balaban J connectivity index is 4.28. The summed E-state index contributed by atoms with van der Waals surface area (Å²) in [5.41, 5.74) is 5.85. The molecule has 0 saturated carbocycles. The first-order valence-corrected chi connectivity index (χ1v) is 2.65. The fraction of sp³-hybridized carbons (Fsp3) is 0.500. The predicted molar refractivity (Wildman–Crippen MR) is 37.3 cm³/mol. The number of nitrogens with one attached hydrogen (secondary N) is 1. The first-order chi connectivity index (χ1) is 4.09. The van der Waals surface area contributed by atoms with E-state index in [4.69, 9.17) is 15.9 Å². The summed E-state index contributed by atoms with van der Waals surface area (Å²) in [6.07, 6.45) is 0. The molecule has 0 unspecified atom stereocenters. The lowest BCUT2D eigenvalue weighted by Gasteiger charge is -2.02. The highest BCUT2D eigenvalue weighted by Crippen LogP contribution is 2.01. The van der Waals surface area contributed by atoms with Crippen LogP contribution in [-0.2, 0) is 4.74 Å². The average Bonchev–Trinajstić information content (AvgIpc) is 1.84. The lowest BCUT2D eigenvalue weighted by atomic mass is 10.2. The summed E-state index contributed by atoms with van der Waals surface area (Å²) in [6, 6.07) is 0. The standard InChI is InChI=1S/C6H12N2O/c1-4(6(7)8)5(2)9-3/h1-3H3,(H3,7,8)/b5-4-. The van der Waals surface area contributed by atoms with Gasteiger partial charge >= 0.3 is 0 Å². The van der Waals surface area contributed by atoms with Gasteiger partial charge in [0.05, 0.1) is 12.9 Å². The molecule has 0 aromatic carbocycles. The number of ether oxygens (including phenoxy) is 1. The highest BCUT2D eigenvalue weighted by atomic mass is 16.5. The van der Waals surface area contributed by atoms with Crippen molar-refractivity contribution in [3.8, 4) is 0 Å². The zero-order chi connectivity index (χ0) is 7.44. The molecule has 0 fully saturated rings. The SMILES string of the molecule is CO/C(C)=C(/C)C(=N)N. The summed E-state index contributed by atoms with van der Waals surface area (Å²) in [4.78, 5) is 0. The van der Waals surface area contributed by atoms with Gasteiger partial charge in [-0.25, -0.2) is 0 Å². The molecule has 52 valence electrons. The summed E-state index contributed by atoms with van der Waals surface area (Å²) >= 11 is 0. The van der Waals surface area contributed by atoms with Crippen LogP contribution in [0.4, 0.5) is 0 Å². The fourth-order valence-corrected chi connectivity index (χ4v) is 0.343. The van der Waals surface area contributed by atoms with Crippen LogP contribution in [-0.4, -0.2) is 12.9 Å². The second-order valence-corrected chi connectivity index (χ2v) is 1.80. The van der Waals surface area contributed by atoms with Crippen LogP contribution in [0, 0.1) is 5.41 Å². The normalized spacial score (nSPS) is 12.3. The van der Waals surface area contributed by atoms with Crippen molar-refractivity contribution in [2.24, 2.45) is 5.73 Å². The van der Waals surface area contributed by atoms with Crippen LogP contribution < -0.4 is 5.73 Å². The highest BCUT2D eigenvalue weighted by molar-refractivity contribution is 5.94. The van der Waals surface area contributed by atoms with Gasteiger partial charge in [0.2, 0.25) is 0 Å². The van der Waals surface area contributed by atoms with Gasteiger partial charge in [-0.1, -0.05) is 0 Å². The Hall–Kier alpha value is -0.990. The molecular weight excluding hydrogens is 116 g/mol. The van der Waals surface area contributed by atoms with Gasteiger partial charge in [-0.15, -0.1) is 0 Å². The van der Waals surface area contributed by atoms with Crippen LogP contribution in [0.5, 0.6) is 0 Å². The van der Waals surface area contributed by atoms with Crippen molar-refractivity contribution in [3.05, 3.63) is 11.3 Å². The third-order valence-corrected chi connectivity index (χ3v) is 1.24. The van der Waals surface area contributed by atoms with Crippen molar-refractivity contribution in [1.29, 1.82) is 5.41 Å². The van der Waals surface area contributed by atoms with Gasteiger partial charge in [-0.3, -0.25) is 5.41 Å². The second-order valence-electron chi connectivity index (χ2n) is 1.80. The summed E-state index contributed by atoms with van der Waals surface area (Å²) in [5.74, 6) is 0.761. The molecule has 0 aromatic heterocycles. The highest BCUT2D eigenvalue weighted by Gasteiger charge is 1.97. The number of hydrogen-bond acceptors (Lipinski definition) is 2. The molecular formula is C6H12N2O. The van der Waals surface area contributed by atoms with Crippen LogP contribution in [0.25, 0.3) is 0 Å². The van der Waals surface area contributed by atoms with E-state index in [1.54, 1.807) is 21.0 Å². The Labute approximate surface area is 55.0 Å². The Kier molecular flexibility index (Phi) is 2.78. The summed E-state index contributed by atoms with van der Waals surface area (Å²) in [6.45, 7) is 3.53. The van der Waals surface area contributed by atoms with Crippen molar-refractivity contribution in [2.45, 2.75) is 13.8 Å². The number of methoxy groups -OCH3 is 1. The fourth-order valence-electron chi connectivity index (χ4n) is 0.343. The monoisotopic (exact) mass is 128 g/mol. The van der Waals surface area contributed by atoms with E-state index in [1.165, 1.54) is 0 Å². The van der Waals surface area contributed by atoms with Gasteiger partial charge in [-0.05, 0) is 13.8 Å². The van der Waals surface area contributed by atoms with E-state index >= 15 is 0 Å². The van der Waals surface area contributed by atoms with Gasteiger partial charge in [0.15, 0.2) is 0 Å². The Morgan fingerprint density at radius 3 is 2.00 bits per heavy atom. The summed E-state index contributed by atoms with van der Waals surface area (Å²) in [7, 11) is 1.56. The lowest BCUT2D eigenvalue weighted by Crippen LogP contribution is -2.12. The predicted octanol–water partition coefficient (Wildman–Crippen LogP) is 0.863. The molecule has 9 heavy (non-hydrogen) atoms. The number of allylic oxidation sites excluding steroid dienone is 1. The van der Waals surface area contributed by atoms with E-state index in [0.29, 0.717) is 11.3 Å². The van der Waals surface area contributed by atoms with Crippen LogP contribution in [0.15, 0.2) is 11.3 Å². The average molecular weight is 128 g/mol. The third kappa shape index (κ3) is 2.17. The molecule has 3 heteroatoms. The van der Waals surface area contributed by atoms with Gasteiger partial charge in [0.25, 0.3) is 0 Å². The molecule has 0 rings (SSSR count). The van der Waals surface area contributed by atoms with Crippen molar-refractivity contribution >= 4 is 5.84 Å². The van der Waals surface area contributed by atoms with Crippen LogP contribution in [0.2, 0.25) is 0 Å². The molecule has 0 aromatic rings. The zero-order valence-electron chi connectivity index (χ0n) is 5.99. The van der Waals surface area contributed by atoms with Crippen LogP contribution in [0.3, 0.4) is 0 Å². The topological polar surface area (TPSA) is 59.1 Å². The number of nitrogens with two attached hydrogens (primary N) is 1. The van der Waals surface area contributed by atoms with Crippen LogP contribution >= 0.6 is 0 Å². The van der Waals surface area contributed by atoms with E-state index < -0.39 is 0 Å². The molecule has 0 aliphatic heterocycles. The molecule has 0 bridgehead atoms. The quantitative estimate of drug-likeness (QED) is 0.329. The number of rotatable bonds is 2. The van der Waals surface area contributed by atoms with E-state index in [-0.39, 0.29) is 5.84 Å². The van der Waals surface area contributed by atoms with Crippen molar-refractivity contribution in [2.75, 3.05) is 7.11 Å².